The Balaban J connectivity index is 2.78. The second kappa shape index (κ2) is 5.98. The molecule has 1 aromatic heterocycles. The van der Waals surface area contributed by atoms with Gasteiger partial charge in [0.05, 0.1) is 0 Å². The van der Waals surface area contributed by atoms with E-state index in [4.69, 9.17) is 0 Å². The molecule has 0 atom stereocenters. The van der Waals surface area contributed by atoms with Crippen molar-refractivity contribution in [3.63, 3.8) is 0 Å². The summed E-state index contributed by atoms with van der Waals surface area (Å²) in [6.45, 7) is 5.53. The van der Waals surface area contributed by atoms with E-state index in [1.54, 1.807) is 19.1 Å². The predicted molar refractivity (Wildman–Crippen MR) is 65.8 cm³/mol. The van der Waals surface area contributed by atoms with Gasteiger partial charge in [-0.3, -0.25) is 9.59 Å². The van der Waals surface area contributed by atoms with Crippen LogP contribution >= 0.6 is 0 Å². The van der Waals surface area contributed by atoms with Crippen molar-refractivity contribution < 1.29 is 9.59 Å². The summed E-state index contributed by atoms with van der Waals surface area (Å²) in [5, 5.41) is 5.38. The van der Waals surface area contributed by atoms with Crippen LogP contribution in [0.3, 0.4) is 0 Å². The van der Waals surface area contributed by atoms with Gasteiger partial charge in [-0.25, -0.2) is 4.98 Å². The van der Waals surface area contributed by atoms with E-state index in [0.29, 0.717) is 17.8 Å². The van der Waals surface area contributed by atoms with Crippen molar-refractivity contribution in [2.24, 2.45) is 0 Å². The van der Waals surface area contributed by atoms with Gasteiger partial charge in [-0.05, 0) is 26.0 Å². The maximum Gasteiger partial charge on any atom is 0.251 e. The van der Waals surface area contributed by atoms with Crippen molar-refractivity contribution in [3.05, 3.63) is 23.9 Å². The molecule has 0 bridgehead atoms. The number of hydrogen-bond acceptors (Lipinski definition) is 3. The van der Waals surface area contributed by atoms with Gasteiger partial charge in [0.25, 0.3) is 5.91 Å². The third-order valence-corrected chi connectivity index (χ3v) is 2.03. The first-order valence-corrected chi connectivity index (χ1v) is 5.59. The monoisotopic (exact) mass is 235 g/mol. The Bertz CT molecular complexity index is 416. The fourth-order valence-electron chi connectivity index (χ4n) is 1.22. The molecule has 0 spiro atoms. The fraction of sp³-hybridized carbons (Fsp3) is 0.417. The molecule has 5 heteroatoms. The summed E-state index contributed by atoms with van der Waals surface area (Å²) in [6, 6.07) is 3.24. The van der Waals surface area contributed by atoms with Gasteiger partial charge in [0.15, 0.2) is 0 Å². The Morgan fingerprint density at radius 3 is 2.71 bits per heavy atom. The molecule has 92 valence electrons. The Morgan fingerprint density at radius 1 is 1.41 bits per heavy atom. The SMILES string of the molecule is CCC(=O)Nc1cc(C(=O)NC(C)C)ccn1. The molecule has 0 aliphatic rings. The molecule has 0 aliphatic heterocycles. The van der Waals surface area contributed by atoms with Gasteiger partial charge in [0, 0.05) is 24.2 Å². The largest absolute Gasteiger partial charge is 0.350 e. The lowest BCUT2D eigenvalue weighted by molar-refractivity contribution is -0.115. The second-order valence-electron chi connectivity index (χ2n) is 3.96. The predicted octanol–water partition coefficient (Wildman–Crippen LogP) is 1.57. The molecule has 1 heterocycles. The maximum absolute atomic E-state index is 11.7. The van der Waals surface area contributed by atoms with Gasteiger partial charge < -0.3 is 10.6 Å². The Kier molecular flexibility index (Phi) is 4.63. The molecule has 1 rings (SSSR count). The number of pyridine rings is 1. The van der Waals surface area contributed by atoms with Crippen LogP contribution in [0.5, 0.6) is 0 Å². The summed E-state index contributed by atoms with van der Waals surface area (Å²) in [7, 11) is 0. The highest BCUT2D eigenvalue weighted by molar-refractivity contribution is 5.96. The zero-order valence-corrected chi connectivity index (χ0v) is 10.3. The molecular formula is C12H17N3O2. The minimum absolute atomic E-state index is 0.0735. The number of nitrogens with zero attached hydrogens (tertiary/aromatic N) is 1. The van der Waals surface area contributed by atoms with Crippen molar-refractivity contribution in [3.8, 4) is 0 Å². The number of nitrogens with one attached hydrogen (secondary N) is 2. The van der Waals surface area contributed by atoms with E-state index in [1.807, 2.05) is 13.8 Å². The molecule has 0 fully saturated rings. The minimum Gasteiger partial charge on any atom is -0.350 e. The molecule has 0 radical (unpaired) electrons. The van der Waals surface area contributed by atoms with E-state index >= 15 is 0 Å². The molecule has 5 nitrogen and oxygen atoms in total. The number of carbonyl (C=O) groups excluding carboxylic acids is 2. The number of amides is 2. The highest BCUT2D eigenvalue weighted by atomic mass is 16.2. The molecule has 0 saturated carbocycles. The molecule has 0 aromatic carbocycles. The van der Waals surface area contributed by atoms with Crippen LogP contribution in [-0.2, 0) is 4.79 Å². The summed E-state index contributed by atoms with van der Waals surface area (Å²) >= 11 is 0. The van der Waals surface area contributed by atoms with Crippen molar-refractivity contribution in [2.75, 3.05) is 5.32 Å². The van der Waals surface area contributed by atoms with Crippen LogP contribution in [0.4, 0.5) is 5.82 Å². The Labute approximate surface area is 101 Å². The average molecular weight is 235 g/mol. The number of carbonyl (C=O) groups is 2. The van der Waals surface area contributed by atoms with Gasteiger partial charge in [-0.2, -0.15) is 0 Å². The summed E-state index contributed by atoms with van der Waals surface area (Å²) < 4.78 is 0. The third kappa shape index (κ3) is 4.22. The molecular weight excluding hydrogens is 218 g/mol. The van der Waals surface area contributed by atoms with Crippen molar-refractivity contribution in [1.29, 1.82) is 0 Å². The highest BCUT2D eigenvalue weighted by Gasteiger charge is 2.08. The number of rotatable bonds is 4. The van der Waals surface area contributed by atoms with Gasteiger partial charge in [0.1, 0.15) is 5.82 Å². The molecule has 0 unspecified atom stereocenters. The zero-order chi connectivity index (χ0) is 12.8. The highest BCUT2D eigenvalue weighted by Crippen LogP contribution is 2.07. The van der Waals surface area contributed by atoms with Gasteiger partial charge in [-0.1, -0.05) is 6.92 Å². The molecule has 0 aliphatic carbocycles. The number of aromatic nitrogens is 1. The molecule has 2 amide bonds. The van der Waals surface area contributed by atoms with Crippen LogP contribution in [0.1, 0.15) is 37.6 Å². The smallest absolute Gasteiger partial charge is 0.251 e. The normalized spacial score (nSPS) is 10.1. The quantitative estimate of drug-likeness (QED) is 0.832. The summed E-state index contributed by atoms with van der Waals surface area (Å²) in [5.41, 5.74) is 0.486. The van der Waals surface area contributed by atoms with Crippen LogP contribution in [-0.4, -0.2) is 22.8 Å². The summed E-state index contributed by atoms with van der Waals surface area (Å²) in [6.07, 6.45) is 1.88. The zero-order valence-electron chi connectivity index (χ0n) is 10.3. The number of hydrogen-bond donors (Lipinski definition) is 2. The van der Waals surface area contributed by atoms with Crippen LogP contribution in [0.15, 0.2) is 18.3 Å². The van der Waals surface area contributed by atoms with Crippen LogP contribution in [0.2, 0.25) is 0 Å². The summed E-state index contributed by atoms with van der Waals surface area (Å²) in [4.78, 5) is 26.9. The fourth-order valence-corrected chi connectivity index (χ4v) is 1.22. The van der Waals surface area contributed by atoms with E-state index in [0.717, 1.165) is 0 Å². The maximum atomic E-state index is 11.7. The number of anilines is 1. The molecule has 2 N–H and O–H groups in total. The Morgan fingerprint density at radius 2 is 2.12 bits per heavy atom. The van der Waals surface area contributed by atoms with Crippen molar-refractivity contribution in [2.45, 2.75) is 33.2 Å². The van der Waals surface area contributed by atoms with Gasteiger partial charge in [0.2, 0.25) is 5.91 Å². The first-order chi connectivity index (χ1) is 8.02. The van der Waals surface area contributed by atoms with Gasteiger partial charge in [-0.15, -0.1) is 0 Å². The van der Waals surface area contributed by atoms with E-state index < -0.39 is 0 Å². The lowest BCUT2D eigenvalue weighted by Gasteiger charge is -2.09. The first-order valence-electron chi connectivity index (χ1n) is 5.59. The molecule has 0 saturated heterocycles. The van der Waals surface area contributed by atoms with Gasteiger partial charge >= 0.3 is 0 Å². The third-order valence-electron chi connectivity index (χ3n) is 2.03. The topological polar surface area (TPSA) is 71.1 Å². The van der Waals surface area contributed by atoms with E-state index in [2.05, 4.69) is 15.6 Å². The summed E-state index contributed by atoms with van der Waals surface area (Å²) in [5.74, 6) is 0.0987. The van der Waals surface area contributed by atoms with E-state index in [-0.39, 0.29) is 17.9 Å². The van der Waals surface area contributed by atoms with Crippen molar-refractivity contribution >= 4 is 17.6 Å². The average Bonchev–Trinajstić information content (AvgIpc) is 2.28. The van der Waals surface area contributed by atoms with Crippen LogP contribution in [0, 0.1) is 0 Å². The minimum atomic E-state index is -0.172. The molecule has 17 heavy (non-hydrogen) atoms. The lowest BCUT2D eigenvalue weighted by Crippen LogP contribution is -2.30. The van der Waals surface area contributed by atoms with Crippen molar-refractivity contribution in [1.82, 2.24) is 10.3 Å². The van der Waals surface area contributed by atoms with Crippen LogP contribution < -0.4 is 10.6 Å². The standard InChI is InChI=1S/C12H17N3O2/c1-4-11(16)15-10-7-9(5-6-13-10)12(17)14-8(2)3/h5-8H,4H2,1-3H3,(H,14,17)(H,13,15,16). The van der Waals surface area contributed by atoms with E-state index in [9.17, 15) is 9.59 Å². The van der Waals surface area contributed by atoms with E-state index in [1.165, 1.54) is 6.20 Å². The second-order valence-corrected chi connectivity index (χ2v) is 3.96. The molecule has 1 aromatic rings. The lowest BCUT2D eigenvalue weighted by atomic mass is 10.2. The van der Waals surface area contributed by atoms with Crippen LogP contribution in [0.25, 0.3) is 0 Å². The first kappa shape index (κ1) is 13.2. The Hall–Kier alpha value is -1.91.